The van der Waals surface area contributed by atoms with E-state index in [0.717, 1.165) is 12.8 Å². The maximum absolute atomic E-state index is 10.3. The minimum atomic E-state index is -0.374. The zero-order chi connectivity index (χ0) is 18.8. The van der Waals surface area contributed by atoms with Crippen LogP contribution in [-0.4, -0.2) is 47.9 Å². The van der Waals surface area contributed by atoms with E-state index in [1.54, 1.807) is 0 Å². The van der Waals surface area contributed by atoms with Gasteiger partial charge in [-0.15, -0.1) is 0 Å². The van der Waals surface area contributed by atoms with Crippen LogP contribution in [0.5, 0.6) is 0 Å². The molecule has 3 atom stereocenters. The third kappa shape index (κ3) is 3.31. The third-order valence-corrected chi connectivity index (χ3v) is 7.17. The van der Waals surface area contributed by atoms with Crippen molar-refractivity contribution in [2.75, 3.05) is 0 Å². The highest BCUT2D eigenvalue weighted by atomic mass is 16.7. The van der Waals surface area contributed by atoms with Gasteiger partial charge in [0.15, 0.2) is 0 Å². The van der Waals surface area contributed by atoms with Crippen molar-refractivity contribution >= 4 is 14.2 Å². The van der Waals surface area contributed by atoms with Gasteiger partial charge in [0.2, 0.25) is 0 Å². The number of aliphatic hydroxyl groups excluding tert-OH is 1. The van der Waals surface area contributed by atoms with Crippen molar-refractivity contribution in [3.63, 3.8) is 0 Å². The molecule has 0 spiro atoms. The molecule has 3 aliphatic rings. The molecule has 0 aromatic rings. The molecule has 2 saturated heterocycles. The lowest BCUT2D eigenvalue weighted by Crippen LogP contribution is -2.41. The van der Waals surface area contributed by atoms with Gasteiger partial charge in [-0.25, -0.2) is 0 Å². The lowest BCUT2D eigenvalue weighted by atomic mass is 9.48. The summed E-state index contributed by atoms with van der Waals surface area (Å²) < 4.78 is 25.2. The van der Waals surface area contributed by atoms with Crippen LogP contribution in [0.3, 0.4) is 0 Å². The number of hydrogen-bond donors (Lipinski definition) is 1. The highest BCUT2D eigenvalue weighted by Gasteiger charge is 2.61. The summed E-state index contributed by atoms with van der Waals surface area (Å²) >= 11 is 0. The molecule has 5 nitrogen and oxygen atoms in total. The molecular weight excluding hydrogens is 318 g/mol. The van der Waals surface area contributed by atoms with Crippen molar-refractivity contribution in [2.24, 2.45) is 0 Å². The fourth-order valence-corrected chi connectivity index (χ4v) is 3.98. The van der Waals surface area contributed by atoms with Gasteiger partial charge in [-0.3, -0.25) is 0 Å². The highest BCUT2D eigenvalue weighted by molar-refractivity contribution is 6.55. The first-order chi connectivity index (χ1) is 11.3. The van der Waals surface area contributed by atoms with Crippen molar-refractivity contribution in [1.82, 2.24) is 0 Å². The van der Waals surface area contributed by atoms with E-state index in [0.29, 0.717) is 6.42 Å². The van der Waals surface area contributed by atoms with Gasteiger partial charge in [0.25, 0.3) is 0 Å². The summed E-state index contributed by atoms with van der Waals surface area (Å²) in [6.07, 6.45) is 1.96. The summed E-state index contributed by atoms with van der Waals surface area (Å²) in [7, 11) is -0.634. The zero-order valence-corrected chi connectivity index (χ0v) is 17.1. The van der Waals surface area contributed by atoms with Gasteiger partial charge in [0, 0.05) is 0 Å². The molecule has 25 heavy (non-hydrogen) atoms. The molecule has 7 heteroatoms. The molecule has 142 valence electrons. The molecule has 0 aromatic heterocycles. The van der Waals surface area contributed by atoms with Crippen LogP contribution in [0.4, 0.5) is 0 Å². The monoisotopic (exact) mass is 352 g/mol. The van der Waals surface area contributed by atoms with Gasteiger partial charge in [-0.2, -0.15) is 0 Å². The summed E-state index contributed by atoms with van der Waals surface area (Å²) in [5.74, 6) is 0.207. The third-order valence-electron chi connectivity index (χ3n) is 7.17. The normalized spacial score (nSPS) is 39.0. The molecule has 0 bridgehead atoms. The number of rotatable bonds is 2. The Morgan fingerprint density at radius 2 is 1.00 bits per heavy atom. The Balaban J connectivity index is 1.82. The molecule has 0 unspecified atom stereocenters. The summed E-state index contributed by atoms with van der Waals surface area (Å²) in [5.41, 5.74) is -1.45. The van der Waals surface area contributed by atoms with E-state index in [4.69, 9.17) is 18.6 Å². The summed E-state index contributed by atoms with van der Waals surface area (Å²) in [6, 6.07) is 0. The van der Waals surface area contributed by atoms with Crippen molar-refractivity contribution in [3.05, 3.63) is 0 Å². The fraction of sp³-hybridized carbons (Fsp3) is 1.00. The second kappa shape index (κ2) is 5.96. The number of aliphatic hydroxyl groups is 1. The Labute approximate surface area is 153 Å². The standard InChI is InChI=1S/C18H34B2O5/c1-15(2)16(3,4)23-19(22-15)13-10-9-12(21)11-14(13)20-24-17(5,6)18(7,8)25-20/h12-14,21H,9-11H2,1-8H3/t12-,13+,14-/m1/s1. The molecule has 1 aliphatic carbocycles. The molecular formula is C18H34B2O5. The van der Waals surface area contributed by atoms with Crippen molar-refractivity contribution < 1.29 is 23.7 Å². The van der Waals surface area contributed by atoms with Crippen LogP contribution in [0.15, 0.2) is 0 Å². The smallest absolute Gasteiger partial charge is 0.403 e. The van der Waals surface area contributed by atoms with E-state index in [9.17, 15) is 5.11 Å². The largest absolute Gasteiger partial charge is 0.461 e. The van der Waals surface area contributed by atoms with Gasteiger partial charge in [-0.05, 0) is 86.3 Å². The van der Waals surface area contributed by atoms with E-state index in [1.807, 2.05) is 0 Å². The first-order valence-electron chi connectivity index (χ1n) is 9.65. The average Bonchev–Trinajstić information content (AvgIpc) is 2.78. The SMILES string of the molecule is CC1(C)OB([C@H]2CC[C@@H](O)C[C@H]2B2OC(C)(C)C(C)(C)O2)OC1(C)C. The van der Waals surface area contributed by atoms with Crippen LogP contribution in [0.1, 0.15) is 74.7 Å². The molecule has 0 aromatic carbocycles. The van der Waals surface area contributed by atoms with Crippen LogP contribution in [-0.2, 0) is 18.6 Å². The van der Waals surface area contributed by atoms with Crippen LogP contribution in [0.2, 0.25) is 11.6 Å². The predicted octanol–water partition coefficient (Wildman–Crippen LogP) is 3.46. The zero-order valence-electron chi connectivity index (χ0n) is 17.1. The summed E-state index contributed by atoms with van der Waals surface area (Å²) in [4.78, 5) is 0. The van der Waals surface area contributed by atoms with E-state index >= 15 is 0 Å². The molecule has 1 saturated carbocycles. The van der Waals surface area contributed by atoms with E-state index in [1.165, 1.54) is 0 Å². The van der Waals surface area contributed by atoms with Gasteiger partial charge in [0.1, 0.15) is 0 Å². The second-order valence-electron chi connectivity index (χ2n) is 10.0. The van der Waals surface area contributed by atoms with Crippen molar-refractivity contribution in [1.29, 1.82) is 0 Å². The Hall–Kier alpha value is -0.0701. The Morgan fingerprint density at radius 3 is 1.40 bits per heavy atom. The quantitative estimate of drug-likeness (QED) is 0.772. The lowest BCUT2D eigenvalue weighted by molar-refractivity contribution is 0.00578. The van der Waals surface area contributed by atoms with E-state index < -0.39 is 0 Å². The average molecular weight is 352 g/mol. The predicted molar refractivity (Wildman–Crippen MR) is 99.5 cm³/mol. The van der Waals surface area contributed by atoms with E-state index in [2.05, 4.69) is 55.4 Å². The molecule has 3 rings (SSSR count). The molecule has 2 heterocycles. The lowest BCUT2D eigenvalue weighted by Gasteiger charge is -2.36. The Kier molecular flexibility index (Phi) is 4.70. The topological polar surface area (TPSA) is 57.2 Å². The minimum Gasteiger partial charge on any atom is -0.403 e. The van der Waals surface area contributed by atoms with Crippen LogP contribution >= 0.6 is 0 Å². The molecule has 0 amide bonds. The Morgan fingerprint density at radius 1 is 0.640 bits per heavy atom. The maximum Gasteiger partial charge on any atom is 0.461 e. The summed E-state index contributed by atoms with van der Waals surface area (Å²) in [5, 5.41) is 10.3. The van der Waals surface area contributed by atoms with Crippen molar-refractivity contribution in [2.45, 2.75) is 115 Å². The second-order valence-corrected chi connectivity index (χ2v) is 10.0. The van der Waals surface area contributed by atoms with Crippen LogP contribution in [0.25, 0.3) is 0 Å². The van der Waals surface area contributed by atoms with Gasteiger partial charge in [-0.1, -0.05) is 0 Å². The number of hydrogen-bond acceptors (Lipinski definition) is 5. The highest BCUT2D eigenvalue weighted by Crippen LogP contribution is 2.52. The summed E-state index contributed by atoms with van der Waals surface area (Å²) in [6.45, 7) is 16.6. The van der Waals surface area contributed by atoms with Crippen molar-refractivity contribution in [3.8, 4) is 0 Å². The van der Waals surface area contributed by atoms with Gasteiger partial charge < -0.3 is 23.7 Å². The molecule has 0 radical (unpaired) electrons. The molecule has 1 N–H and O–H groups in total. The first kappa shape index (κ1) is 19.7. The van der Waals surface area contributed by atoms with Crippen LogP contribution < -0.4 is 0 Å². The molecule has 3 fully saturated rings. The van der Waals surface area contributed by atoms with E-state index in [-0.39, 0.29) is 54.4 Å². The Bertz CT molecular complexity index is 488. The van der Waals surface area contributed by atoms with Gasteiger partial charge in [0.05, 0.1) is 28.5 Å². The minimum absolute atomic E-state index is 0.0551. The van der Waals surface area contributed by atoms with Crippen LogP contribution in [0, 0.1) is 0 Å². The first-order valence-corrected chi connectivity index (χ1v) is 9.65. The molecule has 2 aliphatic heterocycles. The van der Waals surface area contributed by atoms with Gasteiger partial charge >= 0.3 is 14.2 Å². The fourth-order valence-electron chi connectivity index (χ4n) is 3.98. The maximum atomic E-state index is 10.3.